The molecule has 0 radical (unpaired) electrons. The fraction of sp³-hybridized carbons (Fsp3) is 0.292. The molecule has 8 heteroatoms. The SMILES string of the molecule is Cc1ccc(-c2nc(CSc3nnc(N4CCOCC4)n3-c3ccccc3)co2)c(C)c1. The maximum Gasteiger partial charge on any atom is 0.232 e. The standard InChI is InChI=1S/C24H25N5O2S/c1-17-8-9-21(18(2)14-17)22-25-19(15-31-22)16-32-24-27-26-23(28-10-12-30-13-11-28)29(24)20-6-4-3-5-7-20/h3-9,14-15H,10-13,16H2,1-2H3. The maximum absolute atomic E-state index is 5.79. The van der Waals surface area contributed by atoms with E-state index in [0.717, 1.165) is 46.7 Å². The van der Waals surface area contributed by atoms with Gasteiger partial charge in [0.1, 0.15) is 6.26 Å². The quantitative estimate of drug-likeness (QED) is 0.398. The molecule has 2 aromatic carbocycles. The van der Waals surface area contributed by atoms with Crippen molar-refractivity contribution in [3.63, 3.8) is 0 Å². The third-order valence-corrected chi connectivity index (χ3v) is 6.40. The van der Waals surface area contributed by atoms with Gasteiger partial charge in [0.05, 0.1) is 24.6 Å². The van der Waals surface area contributed by atoms with Gasteiger partial charge in [-0.1, -0.05) is 47.7 Å². The molecule has 0 bridgehead atoms. The Balaban J connectivity index is 1.39. The number of para-hydroxylation sites is 1. The zero-order valence-corrected chi connectivity index (χ0v) is 19.0. The molecule has 32 heavy (non-hydrogen) atoms. The van der Waals surface area contributed by atoms with Crippen LogP contribution in [-0.4, -0.2) is 46.1 Å². The van der Waals surface area contributed by atoms with Crippen molar-refractivity contribution < 1.29 is 9.15 Å². The zero-order chi connectivity index (χ0) is 21.9. The Morgan fingerprint density at radius 3 is 2.59 bits per heavy atom. The molecule has 1 saturated heterocycles. The van der Waals surface area contributed by atoms with E-state index in [4.69, 9.17) is 14.1 Å². The van der Waals surface area contributed by atoms with Crippen LogP contribution < -0.4 is 4.90 Å². The van der Waals surface area contributed by atoms with E-state index in [1.54, 1.807) is 18.0 Å². The summed E-state index contributed by atoms with van der Waals surface area (Å²) in [5, 5.41) is 9.85. The van der Waals surface area contributed by atoms with Gasteiger partial charge in [-0.05, 0) is 37.6 Å². The van der Waals surface area contributed by atoms with Crippen molar-refractivity contribution in [2.24, 2.45) is 0 Å². The molecule has 0 saturated carbocycles. The summed E-state index contributed by atoms with van der Waals surface area (Å²) in [6.45, 7) is 7.17. The van der Waals surface area contributed by atoms with Crippen molar-refractivity contribution in [1.29, 1.82) is 0 Å². The maximum atomic E-state index is 5.79. The third kappa shape index (κ3) is 4.28. The minimum absolute atomic E-state index is 0.641. The van der Waals surface area contributed by atoms with Crippen LogP contribution in [0.1, 0.15) is 16.8 Å². The monoisotopic (exact) mass is 447 g/mol. The van der Waals surface area contributed by atoms with Crippen molar-refractivity contribution in [1.82, 2.24) is 19.7 Å². The summed E-state index contributed by atoms with van der Waals surface area (Å²) in [7, 11) is 0. The van der Waals surface area contributed by atoms with Crippen molar-refractivity contribution in [3.05, 3.63) is 71.6 Å². The summed E-state index contributed by atoms with van der Waals surface area (Å²) >= 11 is 1.60. The Hall–Kier alpha value is -3.10. The predicted molar refractivity (Wildman–Crippen MR) is 125 cm³/mol. The number of nitrogens with zero attached hydrogens (tertiary/aromatic N) is 5. The topological polar surface area (TPSA) is 69.2 Å². The lowest BCUT2D eigenvalue weighted by Crippen LogP contribution is -2.37. The molecular weight excluding hydrogens is 422 g/mol. The molecule has 0 atom stereocenters. The van der Waals surface area contributed by atoms with Crippen molar-refractivity contribution in [3.8, 4) is 17.1 Å². The molecule has 0 aliphatic carbocycles. The lowest BCUT2D eigenvalue weighted by molar-refractivity contribution is 0.122. The molecule has 1 aliphatic heterocycles. The molecule has 0 N–H and O–H groups in total. The van der Waals surface area contributed by atoms with E-state index < -0.39 is 0 Å². The summed E-state index contributed by atoms with van der Waals surface area (Å²) in [4.78, 5) is 6.94. The van der Waals surface area contributed by atoms with Crippen LogP contribution in [0.5, 0.6) is 0 Å². The van der Waals surface area contributed by atoms with Crippen molar-refractivity contribution in [2.75, 3.05) is 31.2 Å². The van der Waals surface area contributed by atoms with E-state index in [1.165, 1.54) is 5.56 Å². The van der Waals surface area contributed by atoms with Crippen LogP contribution in [0.15, 0.2) is 64.4 Å². The van der Waals surface area contributed by atoms with Gasteiger partial charge in [0.25, 0.3) is 0 Å². The molecule has 0 unspecified atom stereocenters. The molecule has 1 fully saturated rings. The number of hydrogen-bond donors (Lipinski definition) is 0. The van der Waals surface area contributed by atoms with Crippen LogP contribution in [0.4, 0.5) is 5.95 Å². The van der Waals surface area contributed by atoms with Crippen LogP contribution in [0, 0.1) is 13.8 Å². The van der Waals surface area contributed by atoms with Crippen molar-refractivity contribution >= 4 is 17.7 Å². The number of rotatable bonds is 6. The summed E-state index contributed by atoms with van der Waals surface area (Å²) in [5.74, 6) is 2.14. The molecule has 4 aromatic rings. The number of hydrogen-bond acceptors (Lipinski definition) is 7. The smallest absolute Gasteiger partial charge is 0.232 e. The lowest BCUT2D eigenvalue weighted by Gasteiger charge is -2.27. The van der Waals surface area contributed by atoms with E-state index in [1.807, 2.05) is 18.2 Å². The van der Waals surface area contributed by atoms with Gasteiger partial charge in [-0.15, -0.1) is 10.2 Å². The molecule has 1 aliphatic rings. The first-order valence-corrected chi connectivity index (χ1v) is 11.7. The van der Waals surface area contributed by atoms with Gasteiger partial charge in [-0.3, -0.25) is 4.57 Å². The second-order valence-electron chi connectivity index (χ2n) is 7.80. The summed E-state index contributed by atoms with van der Waals surface area (Å²) in [6, 6.07) is 16.5. The van der Waals surface area contributed by atoms with E-state index in [-0.39, 0.29) is 0 Å². The number of benzene rings is 2. The number of anilines is 1. The van der Waals surface area contributed by atoms with Crippen LogP contribution in [0.3, 0.4) is 0 Å². The summed E-state index contributed by atoms with van der Waals surface area (Å²) in [5.41, 5.74) is 5.32. The number of aromatic nitrogens is 4. The average Bonchev–Trinajstić information content (AvgIpc) is 3.46. The number of ether oxygens (including phenoxy) is 1. The van der Waals surface area contributed by atoms with Crippen LogP contribution in [-0.2, 0) is 10.5 Å². The lowest BCUT2D eigenvalue weighted by atomic mass is 10.1. The first-order valence-electron chi connectivity index (χ1n) is 10.7. The number of thioether (sulfide) groups is 1. The molecule has 7 nitrogen and oxygen atoms in total. The highest BCUT2D eigenvalue weighted by atomic mass is 32.2. The average molecular weight is 448 g/mol. The molecule has 3 heterocycles. The highest BCUT2D eigenvalue weighted by Gasteiger charge is 2.22. The van der Waals surface area contributed by atoms with Gasteiger partial charge in [0.2, 0.25) is 11.8 Å². The second kappa shape index (κ2) is 9.18. The largest absolute Gasteiger partial charge is 0.444 e. The first kappa shape index (κ1) is 20.8. The minimum Gasteiger partial charge on any atom is -0.444 e. The van der Waals surface area contributed by atoms with Gasteiger partial charge in [0.15, 0.2) is 5.16 Å². The van der Waals surface area contributed by atoms with Crippen LogP contribution in [0.25, 0.3) is 17.1 Å². The first-order chi connectivity index (χ1) is 15.7. The third-order valence-electron chi connectivity index (χ3n) is 5.44. The molecule has 5 rings (SSSR count). The van der Waals surface area contributed by atoms with E-state index in [2.05, 4.69) is 63.8 Å². The van der Waals surface area contributed by atoms with Crippen LogP contribution in [0.2, 0.25) is 0 Å². The Bertz CT molecular complexity index is 1200. The number of oxazole rings is 1. The molecule has 164 valence electrons. The molecule has 0 amide bonds. The Labute approximate surface area is 191 Å². The summed E-state index contributed by atoms with van der Waals surface area (Å²) in [6.07, 6.45) is 1.73. The molecular formula is C24H25N5O2S. The Morgan fingerprint density at radius 1 is 1.00 bits per heavy atom. The normalized spacial score (nSPS) is 14.1. The summed E-state index contributed by atoms with van der Waals surface area (Å²) < 4.78 is 13.4. The highest BCUT2D eigenvalue weighted by molar-refractivity contribution is 7.98. The van der Waals surface area contributed by atoms with Gasteiger partial charge < -0.3 is 14.1 Å². The van der Waals surface area contributed by atoms with Crippen molar-refractivity contribution in [2.45, 2.75) is 24.8 Å². The molecule has 2 aromatic heterocycles. The Morgan fingerprint density at radius 2 is 1.81 bits per heavy atom. The second-order valence-corrected chi connectivity index (χ2v) is 8.75. The van der Waals surface area contributed by atoms with Gasteiger partial charge >= 0.3 is 0 Å². The predicted octanol–water partition coefficient (Wildman–Crippen LogP) is 4.67. The van der Waals surface area contributed by atoms with E-state index >= 15 is 0 Å². The minimum atomic E-state index is 0.641. The fourth-order valence-corrected chi connectivity index (χ4v) is 4.64. The van der Waals surface area contributed by atoms with Gasteiger partial charge in [0, 0.05) is 24.4 Å². The number of aryl methyl sites for hydroxylation is 2. The highest BCUT2D eigenvalue weighted by Crippen LogP contribution is 2.30. The van der Waals surface area contributed by atoms with E-state index in [0.29, 0.717) is 24.9 Å². The number of morpholine rings is 1. The fourth-order valence-electron chi connectivity index (χ4n) is 3.82. The van der Waals surface area contributed by atoms with Gasteiger partial charge in [-0.25, -0.2) is 4.98 Å². The van der Waals surface area contributed by atoms with Crippen LogP contribution >= 0.6 is 11.8 Å². The Kier molecular flexibility index (Phi) is 5.96. The van der Waals surface area contributed by atoms with Gasteiger partial charge in [-0.2, -0.15) is 0 Å². The molecule has 0 spiro atoms. The van der Waals surface area contributed by atoms with E-state index in [9.17, 15) is 0 Å². The zero-order valence-electron chi connectivity index (χ0n) is 18.2.